The summed E-state index contributed by atoms with van der Waals surface area (Å²) in [6.07, 6.45) is -5.28. The lowest BCUT2D eigenvalue weighted by molar-refractivity contribution is -0.190. The zero-order valence-corrected chi connectivity index (χ0v) is 16.9. The van der Waals surface area contributed by atoms with Gasteiger partial charge in [-0.25, -0.2) is 4.79 Å². The molecule has 3 atom stereocenters. The van der Waals surface area contributed by atoms with Crippen molar-refractivity contribution in [3.05, 3.63) is 83.1 Å². The van der Waals surface area contributed by atoms with Gasteiger partial charge in [0.05, 0.1) is 0 Å². The van der Waals surface area contributed by atoms with Crippen molar-refractivity contribution in [1.82, 2.24) is 10.6 Å². The van der Waals surface area contributed by atoms with Crippen molar-refractivity contribution >= 4 is 23.4 Å². The molecule has 4 rings (SSSR count). The summed E-state index contributed by atoms with van der Waals surface area (Å²) in [5, 5.41) is 16.1. The van der Waals surface area contributed by atoms with Crippen LogP contribution in [0.25, 0.3) is 11.3 Å². The normalized spacial score (nSPS) is 23.3. The van der Waals surface area contributed by atoms with Crippen LogP contribution in [0.4, 0.5) is 18.0 Å². The summed E-state index contributed by atoms with van der Waals surface area (Å²) < 4.78 is 46.3. The number of urea groups is 1. The lowest BCUT2D eigenvalue weighted by Crippen LogP contribution is -2.66. The van der Waals surface area contributed by atoms with Gasteiger partial charge in [-0.1, -0.05) is 41.9 Å². The van der Waals surface area contributed by atoms with Crippen molar-refractivity contribution < 1.29 is 32.3 Å². The van der Waals surface area contributed by atoms with Crippen LogP contribution in [0.2, 0.25) is 5.02 Å². The quantitative estimate of drug-likeness (QED) is 0.528. The Labute approximate surface area is 185 Å². The molecular formula is C22H16ClF3N2O4. The molecule has 10 heteroatoms. The lowest BCUT2D eigenvalue weighted by Gasteiger charge is -2.44. The second-order valence-electron chi connectivity index (χ2n) is 7.26. The third-order valence-corrected chi connectivity index (χ3v) is 5.46. The lowest BCUT2D eigenvalue weighted by atomic mass is 9.77. The van der Waals surface area contributed by atoms with Gasteiger partial charge in [-0.3, -0.25) is 4.79 Å². The maximum Gasteiger partial charge on any atom is 0.450 e. The molecule has 6 nitrogen and oxygen atoms in total. The van der Waals surface area contributed by atoms with Gasteiger partial charge in [0, 0.05) is 16.1 Å². The van der Waals surface area contributed by atoms with Crippen molar-refractivity contribution in [2.75, 3.05) is 0 Å². The zero-order valence-electron chi connectivity index (χ0n) is 16.2. The Morgan fingerprint density at radius 3 is 2.31 bits per heavy atom. The first-order valence-electron chi connectivity index (χ1n) is 9.43. The van der Waals surface area contributed by atoms with E-state index in [2.05, 4.69) is 10.6 Å². The van der Waals surface area contributed by atoms with Crippen LogP contribution < -0.4 is 10.6 Å². The molecule has 32 heavy (non-hydrogen) atoms. The van der Waals surface area contributed by atoms with Gasteiger partial charge in [0.2, 0.25) is 5.78 Å². The second kappa shape index (κ2) is 7.99. The molecule has 3 N–H and O–H groups in total. The van der Waals surface area contributed by atoms with E-state index in [-0.39, 0.29) is 17.1 Å². The van der Waals surface area contributed by atoms with Crippen molar-refractivity contribution in [3.63, 3.8) is 0 Å². The molecule has 2 amide bonds. The van der Waals surface area contributed by atoms with Gasteiger partial charge in [0.15, 0.2) is 5.72 Å². The number of furan rings is 1. The summed E-state index contributed by atoms with van der Waals surface area (Å²) in [4.78, 5) is 24.8. The van der Waals surface area contributed by atoms with Crippen LogP contribution in [0.5, 0.6) is 0 Å². The fourth-order valence-corrected chi connectivity index (χ4v) is 3.86. The summed E-state index contributed by atoms with van der Waals surface area (Å²) in [5.74, 6) is -4.22. The average molecular weight is 465 g/mol. The molecule has 2 aromatic carbocycles. The third kappa shape index (κ3) is 3.96. The highest BCUT2D eigenvalue weighted by molar-refractivity contribution is 6.30. The van der Waals surface area contributed by atoms with Crippen LogP contribution in [0.15, 0.2) is 71.1 Å². The average Bonchev–Trinajstić information content (AvgIpc) is 3.23. The number of hydrogen-bond donors (Lipinski definition) is 3. The van der Waals surface area contributed by atoms with Crippen molar-refractivity contribution in [1.29, 1.82) is 0 Å². The van der Waals surface area contributed by atoms with E-state index in [0.717, 1.165) is 0 Å². The number of benzene rings is 2. The Hall–Kier alpha value is -3.30. The van der Waals surface area contributed by atoms with Gasteiger partial charge in [-0.2, -0.15) is 13.2 Å². The Morgan fingerprint density at radius 1 is 1.03 bits per heavy atom. The molecule has 1 aromatic heterocycles. The molecule has 1 aliphatic rings. The minimum Gasteiger partial charge on any atom is -0.459 e. The summed E-state index contributed by atoms with van der Waals surface area (Å²) in [7, 11) is 0. The maximum absolute atomic E-state index is 13.5. The fourth-order valence-electron chi connectivity index (χ4n) is 3.74. The highest BCUT2D eigenvalue weighted by Gasteiger charge is 2.60. The molecule has 1 saturated heterocycles. The van der Waals surface area contributed by atoms with Gasteiger partial charge in [-0.15, -0.1) is 0 Å². The highest BCUT2D eigenvalue weighted by Crippen LogP contribution is 2.43. The van der Waals surface area contributed by atoms with Crippen LogP contribution >= 0.6 is 11.6 Å². The number of ketones is 1. The van der Waals surface area contributed by atoms with Gasteiger partial charge in [-0.05, 0) is 36.4 Å². The number of rotatable bonds is 4. The monoisotopic (exact) mass is 464 g/mol. The fraction of sp³-hybridized carbons (Fsp3) is 0.182. The number of amides is 2. The number of nitrogens with one attached hydrogen (secondary N) is 2. The number of aliphatic hydroxyl groups is 1. The zero-order chi connectivity index (χ0) is 23.1. The molecule has 1 aliphatic heterocycles. The first-order chi connectivity index (χ1) is 15.1. The van der Waals surface area contributed by atoms with E-state index < -0.39 is 35.7 Å². The molecule has 0 radical (unpaired) electrons. The number of alkyl halides is 3. The van der Waals surface area contributed by atoms with Gasteiger partial charge < -0.3 is 20.2 Å². The van der Waals surface area contributed by atoms with E-state index in [9.17, 15) is 27.9 Å². The van der Waals surface area contributed by atoms with Crippen molar-refractivity contribution in [3.8, 4) is 11.3 Å². The van der Waals surface area contributed by atoms with Crippen LogP contribution in [-0.4, -0.2) is 23.1 Å². The predicted octanol–water partition coefficient (Wildman–Crippen LogP) is 4.55. The largest absolute Gasteiger partial charge is 0.459 e. The molecule has 3 aromatic rings. The molecule has 2 heterocycles. The van der Waals surface area contributed by atoms with E-state index in [0.29, 0.717) is 10.6 Å². The molecule has 0 unspecified atom stereocenters. The van der Waals surface area contributed by atoms with Gasteiger partial charge >= 0.3 is 12.2 Å². The van der Waals surface area contributed by atoms with Crippen molar-refractivity contribution in [2.45, 2.75) is 17.9 Å². The second-order valence-corrected chi connectivity index (χ2v) is 7.69. The molecule has 0 saturated carbocycles. The molecule has 0 spiro atoms. The Balaban J connectivity index is 1.81. The molecule has 0 bridgehead atoms. The minimum atomic E-state index is -5.28. The van der Waals surface area contributed by atoms with E-state index in [4.69, 9.17) is 16.0 Å². The number of halogens is 4. The smallest absolute Gasteiger partial charge is 0.450 e. The third-order valence-electron chi connectivity index (χ3n) is 5.21. The van der Waals surface area contributed by atoms with Crippen LogP contribution in [0.3, 0.4) is 0 Å². The SMILES string of the molecule is O=C1N[C@H](c2ccc(-c3ccc(Cl)cc3)o2)[C@@H](C(=O)C(F)(F)F)[C@@](O)(c2ccccc2)N1. The van der Waals surface area contributed by atoms with Crippen LogP contribution in [0, 0.1) is 5.92 Å². The highest BCUT2D eigenvalue weighted by atomic mass is 35.5. The summed E-state index contributed by atoms with van der Waals surface area (Å²) in [6, 6.07) is 13.9. The molecule has 1 fully saturated rings. The van der Waals surface area contributed by atoms with Gasteiger partial charge in [0.25, 0.3) is 0 Å². The summed E-state index contributed by atoms with van der Waals surface area (Å²) in [6.45, 7) is 0. The first-order valence-corrected chi connectivity index (χ1v) is 9.80. The van der Waals surface area contributed by atoms with Crippen molar-refractivity contribution in [2.24, 2.45) is 5.92 Å². The molecule has 0 aliphatic carbocycles. The summed E-state index contributed by atoms with van der Waals surface area (Å²) >= 11 is 5.87. The Kier molecular flexibility index (Phi) is 5.47. The number of carbonyl (C=O) groups is 2. The van der Waals surface area contributed by atoms with E-state index in [1.807, 2.05) is 0 Å². The standard InChI is InChI=1S/C22H16ClF3N2O4/c23-14-8-6-12(7-9-14)15-10-11-16(32-15)18-17(19(29)22(24,25)26)21(31,28-20(30)27-18)13-4-2-1-3-5-13/h1-11,17-18,31H,(H2,27,28,30)/t17-,18+,21-/m0/s1. The van der Waals surface area contributed by atoms with E-state index in [1.165, 1.54) is 36.4 Å². The van der Waals surface area contributed by atoms with Crippen LogP contribution in [0.1, 0.15) is 17.4 Å². The minimum absolute atomic E-state index is 0.0769. The number of Topliss-reactive ketones (excluding diaryl/α,β-unsaturated/α-hetero) is 1. The summed E-state index contributed by atoms with van der Waals surface area (Å²) in [5.41, 5.74) is -2.13. The topological polar surface area (TPSA) is 91.6 Å². The number of hydrogen-bond acceptors (Lipinski definition) is 4. The molecule has 166 valence electrons. The first kappa shape index (κ1) is 21.9. The number of carbonyl (C=O) groups excluding carboxylic acids is 2. The van der Waals surface area contributed by atoms with Crippen LogP contribution in [-0.2, 0) is 10.5 Å². The van der Waals surface area contributed by atoms with E-state index >= 15 is 0 Å². The molecular weight excluding hydrogens is 449 g/mol. The predicted molar refractivity (Wildman–Crippen MR) is 108 cm³/mol. The maximum atomic E-state index is 13.5. The van der Waals surface area contributed by atoms with Gasteiger partial charge in [0.1, 0.15) is 23.5 Å². The van der Waals surface area contributed by atoms with E-state index in [1.54, 1.807) is 30.3 Å². The Morgan fingerprint density at radius 2 is 1.69 bits per heavy atom. The Bertz CT molecular complexity index is 1150.